The van der Waals surface area contributed by atoms with Gasteiger partial charge >= 0.3 is 5.97 Å². The molecule has 5 heteroatoms. The predicted octanol–water partition coefficient (Wildman–Crippen LogP) is 2.20. The highest BCUT2D eigenvalue weighted by Gasteiger charge is 2.36. The third-order valence-corrected chi connectivity index (χ3v) is 4.03. The highest BCUT2D eigenvalue weighted by molar-refractivity contribution is 5.89. The van der Waals surface area contributed by atoms with Crippen molar-refractivity contribution < 1.29 is 19.1 Å². The van der Waals surface area contributed by atoms with E-state index in [-0.39, 0.29) is 12.1 Å². The van der Waals surface area contributed by atoms with Gasteiger partial charge in [-0.3, -0.25) is 0 Å². The van der Waals surface area contributed by atoms with E-state index in [0.717, 1.165) is 6.29 Å². The van der Waals surface area contributed by atoms with Gasteiger partial charge in [0.05, 0.1) is 12.2 Å². The minimum absolute atomic E-state index is 0.139. The van der Waals surface area contributed by atoms with Crippen LogP contribution in [0.25, 0.3) is 0 Å². The van der Waals surface area contributed by atoms with E-state index < -0.39 is 5.41 Å². The molecule has 114 valence electrons. The molecule has 1 aliphatic carbocycles. The first-order valence-electron chi connectivity index (χ1n) is 7.10. The fourth-order valence-electron chi connectivity index (χ4n) is 2.71. The van der Waals surface area contributed by atoms with Gasteiger partial charge in [0.1, 0.15) is 12.4 Å². The molecule has 0 amide bonds. The third-order valence-electron chi connectivity index (χ3n) is 4.03. The number of methoxy groups -OCH3 is 1. The number of ether oxygens (including phenoxy) is 2. The molecule has 2 N–H and O–H groups in total. The molecule has 0 unspecified atom stereocenters. The number of anilines is 1. The second-order valence-corrected chi connectivity index (χ2v) is 5.64. The summed E-state index contributed by atoms with van der Waals surface area (Å²) in [6.07, 6.45) is 3.58. The van der Waals surface area contributed by atoms with E-state index in [1.165, 1.54) is 0 Å². The van der Waals surface area contributed by atoms with E-state index in [4.69, 9.17) is 15.2 Å². The molecule has 1 fully saturated rings. The molecule has 5 nitrogen and oxygen atoms in total. The molecule has 1 aromatic carbocycles. The molecule has 0 spiro atoms. The molecule has 0 aliphatic heterocycles. The Balaban J connectivity index is 1.89. The summed E-state index contributed by atoms with van der Waals surface area (Å²) in [7, 11) is 1.60. The average Bonchev–Trinajstić information content (AvgIpc) is 2.50. The fourth-order valence-corrected chi connectivity index (χ4v) is 2.71. The van der Waals surface area contributed by atoms with Crippen LogP contribution >= 0.6 is 0 Å². The molecule has 1 saturated carbocycles. The second kappa shape index (κ2) is 6.72. The summed E-state index contributed by atoms with van der Waals surface area (Å²) < 4.78 is 10.6. The lowest BCUT2D eigenvalue weighted by Crippen LogP contribution is -2.36. The lowest BCUT2D eigenvalue weighted by Gasteiger charge is -2.35. The summed E-state index contributed by atoms with van der Waals surface area (Å²) in [5.74, 6) is -0.342. The van der Waals surface area contributed by atoms with E-state index >= 15 is 0 Å². The van der Waals surface area contributed by atoms with Crippen LogP contribution in [0.2, 0.25) is 0 Å². The van der Waals surface area contributed by atoms with Crippen molar-refractivity contribution >= 4 is 17.9 Å². The summed E-state index contributed by atoms with van der Waals surface area (Å²) in [6.45, 7) is 0.426. The summed E-state index contributed by atoms with van der Waals surface area (Å²) in [4.78, 5) is 23.3. The van der Waals surface area contributed by atoms with Crippen LogP contribution in [0.5, 0.6) is 0 Å². The number of esters is 1. The van der Waals surface area contributed by atoms with E-state index in [9.17, 15) is 9.59 Å². The molecular formula is C16H21NO4. The van der Waals surface area contributed by atoms with Crippen LogP contribution in [0.1, 0.15) is 36.0 Å². The van der Waals surface area contributed by atoms with Crippen molar-refractivity contribution in [2.24, 2.45) is 5.41 Å². The topological polar surface area (TPSA) is 78.6 Å². The van der Waals surface area contributed by atoms with Gasteiger partial charge in [0.15, 0.2) is 0 Å². The van der Waals surface area contributed by atoms with Gasteiger partial charge < -0.3 is 20.0 Å². The Labute approximate surface area is 124 Å². The Kier molecular flexibility index (Phi) is 4.96. The Morgan fingerprint density at radius 3 is 2.48 bits per heavy atom. The van der Waals surface area contributed by atoms with E-state index in [1.807, 2.05) is 0 Å². The summed E-state index contributed by atoms with van der Waals surface area (Å²) in [6, 6.07) is 6.66. The highest BCUT2D eigenvalue weighted by Crippen LogP contribution is 2.36. The molecule has 0 bridgehead atoms. The van der Waals surface area contributed by atoms with Crippen LogP contribution in [0, 0.1) is 5.41 Å². The number of benzene rings is 1. The molecule has 0 heterocycles. The van der Waals surface area contributed by atoms with Gasteiger partial charge in [-0.1, -0.05) is 0 Å². The second-order valence-electron chi connectivity index (χ2n) is 5.64. The smallest absolute Gasteiger partial charge is 0.338 e. The molecule has 0 radical (unpaired) electrons. The molecule has 0 saturated heterocycles. The Morgan fingerprint density at radius 2 is 1.95 bits per heavy atom. The van der Waals surface area contributed by atoms with Gasteiger partial charge in [-0.15, -0.1) is 0 Å². The Morgan fingerprint density at radius 1 is 1.33 bits per heavy atom. The van der Waals surface area contributed by atoms with Crippen molar-refractivity contribution in [1.82, 2.24) is 0 Å². The standard InChI is InChI=1S/C16H21NO4/c1-20-11-16(10-18)8-6-14(7-9-16)21-15(19)12-2-4-13(17)5-3-12/h2-5,10,14H,6-9,11,17H2,1H3/t14-,16+. The first kappa shape index (κ1) is 15.5. The van der Waals surface area contributed by atoms with Crippen LogP contribution in [0.15, 0.2) is 24.3 Å². The monoisotopic (exact) mass is 291 g/mol. The van der Waals surface area contributed by atoms with Crippen LogP contribution in [-0.2, 0) is 14.3 Å². The van der Waals surface area contributed by atoms with Crippen molar-refractivity contribution in [2.75, 3.05) is 19.5 Å². The first-order valence-corrected chi connectivity index (χ1v) is 7.10. The van der Waals surface area contributed by atoms with E-state index in [1.54, 1.807) is 31.4 Å². The van der Waals surface area contributed by atoms with Crippen molar-refractivity contribution in [2.45, 2.75) is 31.8 Å². The zero-order chi connectivity index (χ0) is 15.3. The first-order chi connectivity index (χ1) is 10.1. The molecule has 1 aromatic rings. The molecule has 0 aromatic heterocycles. The van der Waals surface area contributed by atoms with Crippen LogP contribution in [-0.4, -0.2) is 32.1 Å². The zero-order valence-corrected chi connectivity index (χ0v) is 12.2. The van der Waals surface area contributed by atoms with Gasteiger partial charge in [0.2, 0.25) is 0 Å². The van der Waals surface area contributed by atoms with Crippen molar-refractivity contribution in [3.63, 3.8) is 0 Å². The maximum absolute atomic E-state index is 12.0. The predicted molar refractivity (Wildman–Crippen MR) is 78.9 cm³/mol. The lowest BCUT2D eigenvalue weighted by atomic mass is 9.75. The van der Waals surface area contributed by atoms with Gasteiger partial charge in [0.25, 0.3) is 0 Å². The van der Waals surface area contributed by atoms with Crippen molar-refractivity contribution in [3.8, 4) is 0 Å². The molecular weight excluding hydrogens is 270 g/mol. The van der Waals surface area contributed by atoms with Gasteiger partial charge in [-0.2, -0.15) is 0 Å². The zero-order valence-electron chi connectivity index (χ0n) is 12.2. The van der Waals surface area contributed by atoms with Crippen molar-refractivity contribution in [1.29, 1.82) is 0 Å². The minimum Gasteiger partial charge on any atom is -0.459 e. The van der Waals surface area contributed by atoms with Crippen LogP contribution in [0.3, 0.4) is 0 Å². The summed E-state index contributed by atoms with van der Waals surface area (Å²) >= 11 is 0. The number of hydrogen-bond donors (Lipinski definition) is 1. The Hall–Kier alpha value is -1.88. The molecule has 1 aliphatic rings. The lowest BCUT2D eigenvalue weighted by molar-refractivity contribution is -0.122. The van der Waals surface area contributed by atoms with Crippen molar-refractivity contribution in [3.05, 3.63) is 29.8 Å². The highest BCUT2D eigenvalue weighted by atomic mass is 16.5. The van der Waals surface area contributed by atoms with Gasteiger partial charge in [-0.25, -0.2) is 4.79 Å². The van der Waals surface area contributed by atoms with Crippen LogP contribution < -0.4 is 5.73 Å². The summed E-state index contributed by atoms with van der Waals surface area (Å²) in [5.41, 5.74) is 6.27. The third kappa shape index (κ3) is 3.82. The number of carbonyl (C=O) groups excluding carboxylic acids is 2. The molecule has 2 rings (SSSR count). The SMILES string of the molecule is COC[C@]1(C=O)CC[C@H](OC(=O)c2ccc(N)cc2)CC1. The fraction of sp³-hybridized carbons (Fsp3) is 0.500. The quantitative estimate of drug-likeness (QED) is 0.511. The summed E-state index contributed by atoms with van der Waals surface area (Å²) in [5, 5.41) is 0. The number of hydrogen-bond acceptors (Lipinski definition) is 5. The van der Waals surface area contributed by atoms with E-state index in [0.29, 0.717) is 43.5 Å². The van der Waals surface area contributed by atoms with Gasteiger partial charge in [0, 0.05) is 18.2 Å². The Bertz CT molecular complexity index is 490. The van der Waals surface area contributed by atoms with E-state index in [2.05, 4.69) is 0 Å². The maximum Gasteiger partial charge on any atom is 0.338 e. The number of carbonyl (C=O) groups is 2. The van der Waals surface area contributed by atoms with Crippen LogP contribution in [0.4, 0.5) is 5.69 Å². The number of nitrogen functional groups attached to an aromatic ring is 1. The maximum atomic E-state index is 12.0. The largest absolute Gasteiger partial charge is 0.459 e. The number of rotatable bonds is 5. The average molecular weight is 291 g/mol. The minimum atomic E-state index is -0.418. The molecule has 0 atom stereocenters. The normalized spacial score (nSPS) is 25.3. The number of nitrogens with two attached hydrogens (primary N) is 1. The number of aldehydes is 1. The van der Waals surface area contributed by atoms with Gasteiger partial charge in [-0.05, 0) is 49.9 Å². The molecule has 21 heavy (non-hydrogen) atoms.